The smallest absolute Gasteiger partial charge is 0.260 e. The van der Waals surface area contributed by atoms with Crippen LogP contribution in [0.4, 0.5) is 31.7 Å². The van der Waals surface area contributed by atoms with E-state index in [0.717, 1.165) is 21.8 Å². The Hall–Kier alpha value is -4.07. The molecule has 1 saturated carbocycles. The molecule has 1 amide bonds. The van der Waals surface area contributed by atoms with Crippen molar-refractivity contribution in [2.45, 2.75) is 19.3 Å². The third-order valence-corrected chi connectivity index (χ3v) is 7.37. The molecule has 0 radical (unpaired) electrons. The highest BCUT2D eigenvalue weighted by Gasteiger charge is 2.61. The Kier molecular flexibility index (Phi) is 5.66. The monoisotopic (exact) mass is 530 g/mol. The molecule has 1 aliphatic rings. The van der Waals surface area contributed by atoms with Gasteiger partial charge in [0.2, 0.25) is 15.9 Å². The lowest BCUT2D eigenvalue weighted by molar-refractivity contribution is -0.119. The number of nitrogens with one attached hydrogen (secondary N) is 3. The van der Waals surface area contributed by atoms with Crippen LogP contribution in [0.2, 0.25) is 0 Å². The molecule has 1 aliphatic carbocycles. The van der Waals surface area contributed by atoms with Crippen molar-refractivity contribution < 1.29 is 22.0 Å². The van der Waals surface area contributed by atoms with Crippen LogP contribution >= 0.6 is 0 Å². The predicted molar refractivity (Wildman–Crippen MR) is 135 cm³/mol. The number of anilines is 4. The summed E-state index contributed by atoms with van der Waals surface area (Å²) in [7, 11) is -0.369. The molecule has 11 nitrogen and oxygen atoms in total. The molecule has 4 aromatic rings. The maximum absolute atomic E-state index is 13.4. The Morgan fingerprint density at radius 1 is 1.24 bits per heavy atom. The Balaban J connectivity index is 1.57. The van der Waals surface area contributed by atoms with E-state index in [0.29, 0.717) is 34.1 Å². The largest absolute Gasteiger partial charge is 0.352 e. The number of fused-ring (bicyclic) bond motifs is 1. The van der Waals surface area contributed by atoms with E-state index in [1.54, 1.807) is 31.6 Å². The number of hydrogen-bond acceptors (Lipinski definition) is 7. The number of carbonyl (C=O) groups excluding carboxylic acids is 1. The normalized spacial score (nSPS) is 16.5. The number of aromatic amines is 1. The zero-order valence-electron chi connectivity index (χ0n) is 20.4. The number of rotatable bonds is 7. The minimum atomic E-state index is -3.63. The van der Waals surface area contributed by atoms with Gasteiger partial charge in [-0.1, -0.05) is 6.07 Å². The Labute approximate surface area is 211 Å². The van der Waals surface area contributed by atoms with Gasteiger partial charge in [0.05, 0.1) is 41.5 Å². The molecule has 0 bridgehead atoms. The summed E-state index contributed by atoms with van der Waals surface area (Å²) < 4.78 is 54.6. The number of hydrogen-bond donors (Lipinski definition) is 3. The second-order valence-corrected chi connectivity index (χ2v) is 11.1. The number of imidazole rings is 2. The highest BCUT2D eigenvalue weighted by molar-refractivity contribution is 7.92. The topological polar surface area (TPSA) is 138 Å². The number of pyridine rings is 1. The van der Waals surface area contributed by atoms with Crippen LogP contribution in [0.3, 0.4) is 0 Å². The van der Waals surface area contributed by atoms with E-state index >= 15 is 0 Å². The fourth-order valence-corrected chi connectivity index (χ4v) is 4.50. The maximum atomic E-state index is 13.4. The van der Waals surface area contributed by atoms with Crippen molar-refractivity contribution in [2.24, 2.45) is 13.0 Å². The van der Waals surface area contributed by atoms with Crippen molar-refractivity contribution in [3.8, 4) is 11.3 Å². The van der Waals surface area contributed by atoms with Gasteiger partial charge in [0.1, 0.15) is 23.1 Å². The number of sulfonamides is 1. The van der Waals surface area contributed by atoms with Crippen molar-refractivity contribution in [2.75, 3.05) is 28.2 Å². The number of amides is 1. The van der Waals surface area contributed by atoms with Crippen LogP contribution in [0.25, 0.3) is 22.4 Å². The molecule has 5 rings (SSSR count). The van der Waals surface area contributed by atoms with E-state index in [2.05, 4.69) is 30.6 Å². The fraction of sp³-hybridized carbons (Fsp3) is 0.304. The number of H-pyrrole nitrogens is 1. The molecule has 0 aliphatic heterocycles. The molecule has 3 N–H and O–H groups in total. The summed E-state index contributed by atoms with van der Waals surface area (Å²) >= 11 is 0. The molecule has 1 atom stereocenters. The molecule has 3 heterocycles. The summed E-state index contributed by atoms with van der Waals surface area (Å²) in [6, 6.07) is 6.71. The highest BCUT2D eigenvalue weighted by Crippen LogP contribution is 2.49. The van der Waals surface area contributed by atoms with Crippen LogP contribution in [0.5, 0.6) is 0 Å². The van der Waals surface area contributed by atoms with Crippen molar-refractivity contribution >= 4 is 50.0 Å². The van der Waals surface area contributed by atoms with Crippen LogP contribution in [-0.2, 0) is 21.9 Å². The molecular weight excluding hydrogens is 506 g/mol. The number of halogens is 2. The lowest BCUT2D eigenvalue weighted by Crippen LogP contribution is -2.25. The van der Waals surface area contributed by atoms with E-state index in [9.17, 15) is 22.0 Å². The molecule has 0 spiro atoms. The van der Waals surface area contributed by atoms with Gasteiger partial charge in [-0.2, -0.15) is 0 Å². The van der Waals surface area contributed by atoms with Gasteiger partial charge in [-0.15, -0.1) is 0 Å². The van der Waals surface area contributed by atoms with Crippen molar-refractivity contribution in [1.29, 1.82) is 0 Å². The van der Waals surface area contributed by atoms with E-state index < -0.39 is 34.2 Å². The summed E-state index contributed by atoms with van der Waals surface area (Å²) in [5, 5.41) is 5.64. The summed E-state index contributed by atoms with van der Waals surface area (Å²) in [5.74, 6) is -4.63. The van der Waals surface area contributed by atoms with Gasteiger partial charge in [-0.05, 0) is 19.1 Å². The predicted octanol–water partition coefficient (Wildman–Crippen LogP) is 3.40. The van der Waals surface area contributed by atoms with Gasteiger partial charge in [0, 0.05) is 32.1 Å². The average Bonchev–Trinajstić information content (AvgIpc) is 3.09. The van der Waals surface area contributed by atoms with E-state index in [1.165, 1.54) is 13.1 Å². The van der Waals surface area contributed by atoms with Gasteiger partial charge in [-0.25, -0.2) is 32.2 Å². The van der Waals surface area contributed by atoms with Crippen LogP contribution < -0.4 is 14.9 Å². The number of nitrogens with zero attached hydrogens (tertiary/aromatic N) is 5. The lowest BCUT2D eigenvalue weighted by Gasteiger charge is -2.22. The van der Waals surface area contributed by atoms with Crippen molar-refractivity contribution in [1.82, 2.24) is 24.5 Å². The maximum Gasteiger partial charge on any atom is 0.260 e. The molecule has 0 saturated heterocycles. The van der Waals surface area contributed by atoms with Gasteiger partial charge in [0.25, 0.3) is 5.92 Å². The molecule has 0 unspecified atom stereocenters. The van der Waals surface area contributed by atoms with Gasteiger partial charge in [-0.3, -0.25) is 9.10 Å². The molecule has 1 aromatic carbocycles. The quantitative estimate of drug-likeness (QED) is 0.333. The molecule has 37 heavy (non-hydrogen) atoms. The minimum Gasteiger partial charge on any atom is -0.352 e. The first kappa shape index (κ1) is 24.6. The Bertz CT molecular complexity index is 1650. The standard InChI is InChI=1S/C23H24F2N8O3S/c1-12-27-20-16(8-19(30-21(20)28-12)31-22(34)14-9-23(14,24)25)29-15-6-5-13(18-10-26-11-32(18)2)7-17(15)33(3)37(4,35)36/h5-8,10-11,14H,9H2,1-4H3,(H3,27,28,29,30,31,34)/t14-/m0/s1. The van der Waals surface area contributed by atoms with Crippen LogP contribution in [0.1, 0.15) is 12.2 Å². The SMILES string of the molecule is Cc1nc2c(Nc3ccc(-c4cncn4C)cc3N(C)S(C)(=O)=O)cc(NC(=O)[C@@H]3CC3(F)F)nc2[nH]1. The number of aromatic nitrogens is 5. The third-order valence-electron chi connectivity index (χ3n) is 6.18. The van der Waals surface area contributed by atoms with Crippen molar-refractivity contribution in [3.63, 3.8) is 0 Å². The van der Waals surface area contributed by atoms with Crippen LogP contribution in [-0.4, -0.2) is 58.1 Å². The van der Waals surface area contributed by atoms with E-state index in [1.807, 2.05) is 17.7 Å². The van der Waals surface area contributed by atoms with Crippen molar-refractivity contribution in [3.05, 3.63) is 42.6 Å². The lowest BCUT2D eigenvalue weighted by atomic mass is 10.1. The van der Waals surface area contributed by atoms with E-state index in [4.69, 9.17) is 0 Å². The second kappa shape index (κ2) is 8.50. The Morgan fingerprint density at radius 3 is 2.59 bits per heavy atom. The summed E-state index contributed by atoms with van der Waals surface area (Å²) in [4.78, 5) is 28.1. The van der Waals surface area contributed by atoms with Crippen LogP contribution in [0, 0.1) is 12.8 Å². The molecule has 1 fully saturated rings. The Morgan fingerprint density at radius 2 is 1.97 bits per heavy atom. The number of alkyl halides is 2. The first-order valence-corrected chi connectivity index (χ1v) is 13.1. The minimum absolute atomic E-state index is 0.0517. The third kappa shape index (κ3) is 4.71. The fourth-order valence-electron chi connectivity index (χ4n) is 3.99. The summed E-state index contributed by atoms with van der Waals surface area (Å²) in [6.45, 7) is 1.72. The average molecular weight is 531 g/mol. The molecule has 14 heteroatoms. The second-order valence-electron chi connectivity index (χ2n) is 9.06. The zero-order chi connectivity index (χ0) is 26.7. The number of benzene rings is 1. The molecule has 3 aromatic heterocycles. The number of carbonyl (C=O) groups is 1. The van der Waals surface area contributed by atoms with Gasteiger partial charge in [0.15, 0.2) is 5.65 Å². The summed E-state index contributed by atoms with van der Waals surface area (Å²) in [6.07, 6.45) is 3.91. The van der Waals surface area contributed by atoms with Gasteiger partial charge < -0.3 is 20.2 Å². The molecular formula is C23H24F2N8O3S. The first-order chi connectivity index (χ1) is 17.3. The summed E-state index contributed by atoms with van der Waals surface area (Å²) in [5.41, 5.74) is 3.44. The van der Waals surface area contributed by atoms with Gasteiger partial charge >= 0.3 is 0 Å². The highest BCUT2D eigenvalue weighted by atomic mass is 32.2. The molecule has 194 valence electrons. The van der Waals surface area contributed by atoms with Crippen LogP contribution in [0.15, 0.2) is 36.8 Å². The number of aryl methyl sites for hydroxylation is 2. The zero-order valence-corrected chi connectivity index (χ0v) is 21.2. The first-order valence-electron chi connectivity index (χ1n) is 11.2. The van der Waals surface area contributed by atoms with E-state index in [-0.39, 0.29) is 5.82 Å².